The highest BCUT2D eigenvalue weighted by Gasteiger charge is 2.40. The summed E-state index contributed by atoms with van der Waals surface area (Å²) in [5.74, 6) is 0.715. The number of nitrogens with one attached hydrogen (secondary N) is 1. The van der Waals surface area contributed by atoms with Crippen LogP contribution in [-0.4, -0.2) is 42.5 Å². The van der Waals surface area contributed by atoms with Gasteiger partial charge in [0.15, 0.2) is 0 Å². The Labute approximate surface area is 104 Å². The van der Waals surface area contributed by atoms with Crippen LogP contribution in [0.5, 0.6) is 0 Å². The Kier molecular flexibility index (Phi) is 4.05. The normalized spacial score (nSPS) is 25.3. The molecule has 2 aliphatic rings. The second-order valence-electron chi connectivity index (χ2n) is 5.60. The minimum atomic E-state index is -0.538. The van der Waals surface area contributed by atoms with E-state index >= 15 is 0 Å². The van der Waals surface area contributed by atoms with Gasteiger partial charge in [-0.3, -0.25) is 4.79 Å². The monoisotopic (exact) mass is 239 g/mol. The molecule has 2 rings (SSSR count). The maximum absolute atomic E-state index is 11.9. The van der Waals surface area contributed by atoms with Crippen LogP contribution in [-0.2, 0) is 4.79 Å². The first kappa shape index (κ1) is 12.8. The average molecular weight is 239 g/mol. The van der Waals surface area contributed by atoms with E-state index < -0.39 is 5.54 Å². The van der Waals surface area contributed by atoms with Gasteiger partial charge >= 0.3 is 0 Å². The van der Waals surface area contributed by atoms with Crippen molar-refractivity contribution in [2.75, 3.05) is 26.2 Å². The van der Waals surface area contributed by atoms with Gasteiger partial charge in [-0.05, 0) is 57.7 Å². The van der Waals surface area contributed by atoms with Crippen molar-refractivity contribution in [1.29, 1.82) is 0 Å². The van der Waals surface area contributed by atoms with Crippen molar-refractivity contribution < 1.29 is 4.79 Å². The van der Waals surface area contributed by atoms with Crippen LogP contribution in [0.1, 0.15) is 39.0 Å². The largest absolute Gasteiger partial charge is 0.354 e. The molecular weight excluding hydrogens is 214 g/mol. The first-order chi connectivity index (χ1) is 8.14. The van der Waals surface area contributed by atoms with Crippen LogP contribution in [0.2, 0.25) is 0 Å². The highest BCUT2D eigenvalue weighted by Crippen LogP contribution is 2.29. The van der Waals surface area contributed by atoms with Gasteiger partial charge in [0, 0.05) is 6.54 Å². The van der Waals surface area contributed by atoms with E-state index in [0.29, 0.717) is 5.92 Å². The lowest BCUT2D eigenvalue weighted by molar-refractivity contribution is -0.129. The molecule has 2 fully saturated rings. The number of carbonyl (C=O) groups excluding carboxylic acids is 1. The number of piperidine rings is 1. The Bertz CT molecular complexity index is 268. The van der Waals surface area contributed by atoms with Gasteiger partial charge in [0.2, 0.25) is 5.91 Å². The van der Waals surface area contributed by atoms with Gasteiger partial charge in [-0.2, -0.15) is 0 Å². The molecule has 98 valence electrons. The Balaban J connectivity index is 1.67. The van der Waals surface area contributed by atoms with E-state index in [-0.39, 0.29) is 5.91 Å². The maximum atomic E-state index is 11.9. The summed E-state index contributed by atoms with van der Waals surface area (Å²) in [6, 6.07) is 0. The van der Waals surface area contributed by atoms with Crippen molar-refractivity contribution in [3.63, 3.8) is 0 Å². The maximum Gasteiger partial charge on any atom is 0.240 e. The third kappa shape index (κ3) is 2.99. The highest BCUT2D eigenvalue weighted by atomic mass is 16.2. The quantitative estimate of drug-likeness (QED) is 0.760. The molecule has 0 bridgehead atoms. The van der Waals surface area contributed by atoms with Crippen LogP contribution < -0.4 is 11.1 Å². The van der Waals surface area contributed by atoms with Crippen LogP contribution in [0.4, 0.5) is 0 Å². The summed E-state index contributed by atoms with van der Waals surface area (Å²) in [7, 11) is 0. The smallest absolute Gasteiger partial charge is 0.240 e. The van der Waals surface area contributed by atoms with Gasteiger partial charge in [0.05, 0.1) is 5.54 Å². The second kappa shape index (κ2) is 5.36. The van der Waals surface area contributed by atoms with Crippen LogP contribution in [0.25, 0.3) is 0 Å². The predicted octanol–water partition coefficient (Wildman–Crippen LogP) is 0.716. The molecule has 1 saturated carbocycles. The van der Waals surface area contributed by atoms with Crippen molar-refractivity contribution >= 4 is 5.91 Å². The molecule has 4 nitrogen and oxygen atoms in total. The fourth-order valence-electron chi connectivity index (χ4n) is 2.70. The van der Waals surface area contributed by atoms with Crippen LogP contribution in [0.3, 0.4) is 0 Å². The van der Waals surface area contributed by atoms with Gasteiger partial charge in [0.1, 0.15) is 0 Å². The van der Waals surface area contributed by atoms with Gasteiger partial charge in [0.25, 0.3) is 0 Å². The molecule has 0 aromatic carbocycles. The predicted molar refractivity (Wildman–Crippen MR) is 68.6 cm³/mol. The first-order valence-electron chi connectivity index (χ1n) is 6.93. The van der Waals surface area contributed by atoms with Gasteiger partial charge in [-0.1, -0.05) is 6.92 Å². The summed E-state index contributed by atoms with van der Waals surface area (Å²) in [6.45, 7) is 6.51. The fourth-order valence-corrected chi connectivity index (χ4v) is 2.70. The minimum absolute atomic E-state index is 0.0710. The van der Waals surface area contributed by atoms with E-state index in [1.807, 2.05) is 0 Å². The van der Waals surface area contributed by atoms with E-state index in [0.717, 1.165) is 32.4 Å². The van der Waals surface area contributed by atoms with Gasteiger partial charge in [-0.15, -0.1) is 0 Å². The molecule has 17 heavy (non-hydrogen) atoms. The fraction of sp³-hybridized carbons (Fsp3) is 0.923. The number of likely N-dealkylation sites (tertiary alicyclic amines) is 1. The zero-order chi connectivity index (χ0) is 12.3. The Morgan fingerprint density at radius 1 is 1.41 bits per heavy atom. The van der Waals surface area contributed by atoms with Crippen molar-refractivity contribution in [1.82, 2.24) is 10.2 Å². The third-order valence-corrected chi connectivity index (χ3v) is 4.40. The molecule has 1 aliphatic carbocycles. The Morgan fingerprint density at radius 2 is 2.06 bits per heavy atom. The third-order valence-electron chi connectivity index (χ3n) is 4.40. The Hall–Kier alpha value is -0.610. The number of nitrogens with zero attached hydrogens (tertiary/aromatic N) is 1. The van der Waals surface area contributed by atoms with Crippen molar-refractivity contribution in [3.8, 4) is 0 Å². The lowest BCUT2D eigenvalue weighted by atomic mass is 9.77. The molecule has 1 amide bonds. The highest BCUT2D eigenvalue weighted by molar-refractivity contribution is 5.86. The molecule has 0 atom stereocenters. The topological polar surface area (TPSA) is 58.4 Å². The van der Waals surface area contributed by atoms with Crippen LogP contribution in [0.15, 0.2) is 0 Å². The zero-order valence-corrected chi connectivity index (χ0v) is 10.9. The summed E-state index contributed by atoms with van der Waals surface area (Å²) in [5.41, 5.74) is 5.45. The number of rotatable bonds is 4. The molecule has 3 N–H and O–H groups in total. The summed E-state index contributed by atoms with van der Waals surface area (Å²) in [6.07, 6.45) is 5.20. The number of nitrogens with two attached hydrogens (primary N) is 1. The first-order valence-corrected chi connectivity index (χ1v) is 6.93. The van der Waals surface area contributed by atoms with E-state index in [9.17, 15) is 4.79 Å². The number of hydrogen-bond donors (Lipinski definition) is 2. The Morgan fingerprint density at radius 3 is 2.53 bits per heavy atom. The SMILES string of the molecule is CCN1CCC(CNC(=O)C2(N)CCC2)CC1. The van der Waals surface area contributed by atoms with E-state index in [2.05, 4.69) is 17.1 Å². The number of hydrogen-bond acceptors (Lipinski definition) is 3. The van der Waals surface area contributed by atoms with Gasteiger partial charge in [-0.25, -0.2) is 0 Å². The van der Waals surface area contributed by atoms with Crippen LogP contribution >= 0.6 is 0 Å². The molecule has 4 heteroatoms. The molecule has 0 aromatic rings. The summed E-state index contributed by atoms with van der Waals surface area (Å²) < 4.78 is 0. The summed E-state index contributed by atoms with van der Waals surface area (Å²) in [4.78, 5) is 14.3. The molecular formula is C13H25N3O. The number of amides is 1. The summed E-state index contributed by atoms with van der Waals surface area (Å²) >= 11 is 0. The zero-order valence-electron chi connectivity index (χ0n) is 10.9. The van der Waals surface area contributed by atoms with E-state index in [1.54, 1.807) is 0 Å². The molecule has 0 unspecified atom stereocenters. The minimum Gasteiger partial charge on any atom is -0.354 e. The molecule has 1 aliphatic heterocycles. The molecule has 0 radical (unpaired) electrons. The molecule has 0 aromatic heterocycles. The van der Waals surface area contributed by atoms with E-state index in [1.165, 1.54) is 25.9 Å². The van der Waals surface area contributed by atoms with Crippen molar-refractivity contribution in [2.45, 2.75) is 44.6 Å². The van der Waals surface area contributed by atoms with E-state index in [4.69, 9.17) is 5.73 Å². The molecule has 0 spiro atoms. The lowest BCUT2D eigenvalue weighted by Gasteiger charge is -2.37. The molecule has 1 heterocycles. The number of carbonyl (C=O) groups is 1. The molecule has 1 saturated heterocycles. The second-order valence-corrected chi connectivity index (χ2v) is 5.60. The average Bonchev–Trinajstić information content (AvgIpc) is 2.33. The lowest BCUT2D eigenvalue weighted by Crippen LogP contribution is -2.59. The van der Waals surface area contributed by atoms with Gasteiger partial charge < -0.3 is 16.0 Å². The van der Waals surface area contributed by atoms with Crippen LogP contribution in [0, 0.1) is 5.92 Å². The summed E-state index contributed by atoms with van der Waals surface area (Å²) in [5, 5.41) is 3.05. The van der Waals surface area contributed by atoms with Crippen molar-refractivity contribution in [2.24, 2.45) is 11.7 Å². The standard InChI is InChI=1S/C13H25N3O/c1-2-16-8-4-11(5-9-16)10-15-12(17)13(14)6-3-7-13/h11H,2-10,14H2,1H3,(H,15,17). The van der Waals surface area contributed by atoms with Crippen molar-refractivity contribution in [3.05, 3.63) is 0 Å².